The van der Waals surface area contributed by atoms with Crippen molar-refractivity contribution in [1.82, 2.24) is 13.7 Å². The monoisotopic (exact) mass is 666 g/mol. The van der Waals surface area contributed by atoms with Gasteiger partial charge in [-0.15, -0.1) is 0 Å². The Morgan fingerprint density at radius 1 is 0.975 bits per heavy atom. The molecule has 0 fully saturated rings. The molecule has 3 radical (unpaired) electrons. The van der Waals surface area contributed by atoms with Gasteiger partial charge in [-0.2, -0.15) is 0 Å². The number of hydrogen-bond donors (Lipinski definition) is 0. The molecule has 0 N–H and O–H groups in total. The quantitative estimate of drug-likeness (QED) is 0.205. The summed E-state index contributed by atoms with van der Waals surface area (Å²) in [5, 5.41) is 0.715. The minimum Gasteiger partial charge on any atom is -0.497 e. The van der Waals surface area contributed by atoms with Crippen LogP contribution in [0.15, 0.2) is 81.1 Å². The predicted octanol–water partition coefficient (Wildman–Crippen LogP) is 3.55. The van der Waals surface area contributed by atoms with Crippen molar-refractivity contribution in [2.24, 2.45) is 7.05 Å². The SMILES string of the molecule is COc1ccc(Cn2c(=O)c3c(Oc4cccc([Si])c4C)cc(=O)n(C)c3n(-c3ccc(I)cc3F)c2=O)cc1. The first-order valence-corrected chi connectivity index (χ1v) is 13.7. The summed E-state index contributed by atoms with van der Waals surface area (Å²) in [6.07, 6.45) is 0. The fourth-order valence-electron chi connectivity index (χ4n) is 4.42. The average Bonchev–Trinajstić information content (AvgIpc) is 2.93. The Bertz CT molecular complexity index is 1970. The van der Waals surface area contributed by atoms with Gasteiger partial charge in [-0.3, -0.25) is 18.7 Å². The van der Waals surface area contributed by atoms with Gasteiger partial charge in [-0.25, -0.2) is 13.8 Å². The van der Waals surface area contributed by atoms with Crippen LogP contribution >= 0.6 is 22.6 Å². The lowest BCUT2D eigenvalue weighted by molar-refractivity contribution is 0.414. The zero-order valence-electron chi connectivity index (χ0n) is 21.7. The third kappa shape index (κ3) is 4.90. The van der Waals surface area contributed by atoms with Crippen molar-refractivity contribution in [3.05, 3.63) is 118 Å². The summed E-state index contributed by atoms with van der Waals surface area (Å²) in [4.78, 5) is 41.1. The first kappa shape index (κ1) is 27.6. The van der Waals surface area contributed by atoms with Crippen molar-refractivity contribution < 1.29 is 13.9 Å². The fraction of sp³-hybridized carbons (Fsp3) is 0.138. The van der Waals surface area contributed by atoms with Crippen LogP contribution in [-0.4, -0.2) is 31.1 Å². The number of aromatic nitrogens is 3. The van der Waals surface area contributed by atoms with Gasteiger partial charge in [-0.1, -0.05) is 29.5 Å². The van der Waals surface area contributed by atoms with Crippen LogP contribution in [-0.2, 0) is 13.6 Å². The second kappa shape index (κ2) is 10.9. The molecule has 0 saturated heterocycles. The number of hydrogen-bond acceptors (Lipinski definition) is 5. The summed E-state index contributed by atoms with van der Waals surface area (Å²) >= 11 is 1.96. The molecule has 2 aromatic heterocycles. The normalized spacial score (nSPS) is 11.2. The molecule has 201 valence electrons. The molecule has 8 nitrogen and oxygen atoms in total. The lowest BCUT2D eigenvalue weighted by Gasteiger charge is -2.19. The van der Waals surface area contributed by atoms with Gasteiger partial charge in [0.05, 0.1) is 29.6 Å². The molecule has 0 aliphatic carbocycles. The Morgan fingerprint density at radius 3 is 2.38 bits per heavy atom. The number of benzene rings is 3. The van der Waals surface area contributed by atoms with Crippen molar-refractivity contribution in [3.8, 4) is 22.9 Å². The summed E-state index contributed by atoms with van der Waals surface area (Å²) in [5.41, 5.74) is -0.844. The highest BCUT2D eigenvalue weighted by Gasteiger charge is 2.24. The molecule has 0 unspecified atom stereocenters. The smallest absolute Gasteiger partial charge is 0.337 e. The largest absolute Gasteiger partial charge is 0.497 e. The summed E-state index contributed by atoms with van der Waals surface area (Å²) in [6, 6.07) is 17.7. The minimum atomic E-state index is -0.807. The Morgan fingerprint density at radius 2 is 1.70 bits per heavy atom. The van der Waals surface area contributed by atoms with Gasteiger partial charge >= 0.3 is 5.69 Å². The second-order valence-electron chi connectivity index (χ2n) is 9.09. The van der Waals surface area contributed by atoms with Gasteiger partial charge < -0.3 is 9.47 Å². The van der Waals surface area contributed by atoms with Crippen LogP contribution in [0, 0.1) is 16.3 Å². The molecule has 0 spiro atoms. The summed E-state index contributed by atoms with van der Waals surface area (Å²) < 4.78 is 30.6. The Kier molecular flexibility index (Phi) is 7.51. The van der Waals surface area contributed by atoms with E-state index in [0.29, 0.717) is 20.6 Å². The molecular weight excluding hydrogens is 644 g/mol. The van der Waals surface area contributed by atoms with E-state index in [-0.39, 0.29) is 29.0 Å². The van der Waals surface area contributed by atoms with E-state index in [1.807, 2.05) is 35.6 Å². The molecule has 2 heterocycles. The number of aryl methyl sites for hydroxylation is 1. The van der Waals surface area contributed by atoms with Crippen LogP contribution in [0.1, 0.15) is 11.1 Å². The highest BCUT2D eigenvalue weighted by Crippen LogP contribution is 2.29. The van der Waals surface area contributed by atoms with E-state index in [0.717, 1.165) is 24.5 Å². The van der Waals surface area contributed by atoms with E-state index in [2.05, 4.69) is 10.2 Å². The van der Waals surface area contributed by atoms with Crippen LogP contribution in [0.5, 0.6) is 17.2 Å². The van der Waals surface area contributed by atoms with Gasteiger partial charge in [0.15, 0.2) is 0 Å². The topological polar surface area (TPSA) is 84.5 Å². The fourth-order valence-corrected chi connectivity index (χ4v) is 5.09. The number of rotatable bonds is 6. The zero-order valence-corrected chi connectivity index (χ0v) is 24.9. The lowest BCUT2D eigenvalue weighted by atomic mass is 10.2. The van der Waals surface area contributed by atoms with Gasteiger partial charge in [0, 0.05) is 16.7 Å². The van der Waals surface area contributed by atoms with E-state index >= 15 is 4.39 Å². The third-order valence-corrected chi connectivity index (χ3v) is 7.83. The van der Waals surface area contributed by atoms with Crippen LogP contribution in [0.4, 0.5) is 4.39 Å². The van der Waals surface area contributed by atoms with E-state index in [1.54, 1.807) is 42.5 Å². The van der Waals surface area contributed by atoms with Crippen molar-refractivity contribution in [2.75, 3.05) is 7.11 Å². The summed E-state index contributed by atoms with van der Waals surface area (Å²) in [7, 11) is 6.48. The molecule has 11 heteroatoms. The van der Waals surface area contributed by atoms with Gasteiger partial charge in [0.25, 0.3) is 11.1 Å². The Hall–Kier alpha value is -3.97. The number of methoxy groups -OCH3 is 1. The van der Waals surface area contributed by atoms with E-state index < -0.39 is 22.6 Å². The molecule has 0 atom stereocenters. The van der Waals surface area contributed by atoms with Crippen LogP contribution in [0.2, 0.25) is 0 Å². The molecular formula is C29H22FIN3O5Si. The van der Waals surface area contributed by atoms with Crippen molar-refractivity contribution in [1.29, 1.82) is 0 Å². The first-order chi connectivity index (χ1) is 19.1. The summed E-state index contributed by atoms with van der Waals surface area (Å²) in [5.74, 6) is 0.280. The van der Waals surface area contributed by atoms with E-state index in [9.17, 15) is 14.4 Å². The molecule has 0 saturated carbocycles. The molecule has 0 aliphatic heterocycles. The zero-order chi connectivity index (χ0) is 28.7. The maximum absolute atomic E-state index is 15.4. The van der Waals surface area contributed by atoms with Gasteiger partial charge in [-0.05, 0) is 77.0 Å². The van der Waals surface area contributed by atoms with Crippen molar-refractivity contribution in [3.63, 3.8) is 0 Å². The Balaban J connectivity index is 1.88. The standard InChI is InChI=1S/C29H22FIN3O5Si/c1-16-22(5-4-6-24(16)40)39-23-14-25(35)32(2)27-26(23)28(36)33(15-17-7-10-19(38-3)11-8-17)29(37)34(27)21-12-9-18(31)13-20(21)30/h4-14H,15H2,1-3H3. The van der Waals surface area contributed by atoms with Crippen LogP contribution in [0.25, 0.3) is 16.7 Å². The predicted molar refractivity (Wildman–Crippen MR) is 160 cm³/mol. The number of halogens is 2. The summed E-state index contributed by atoms with van der Waals surface area (Å²) in [6.45, 7) is 1.71. The molecule has 0 bridgehead atoms. The average molecular weight is 666 g/mol. The van der Waals surface area contributed by atoms with Crippen LogP contribution in [0.3, 0.4) is 0 Å². The highest BCUT2D eigenvalue weighted by atomic mass is 127. The molecule has 5 rings (SSSR count). The Labute approximate surface area is 244 Å². The molecule has 0 amide bonds. The van der Waals surface area contributed by atoms with Crippen molar-refractivity contribution in [2.45, 2.75) is 13.5 Å². The number of pyridine rings is 1. The van der Waals surface area contributed by atoms with Crippen molar-refractivity contribution >= 4 is 49.1 Å². The molecule has 5 aromatic rings. The van der Waals surface area contributed by atoms with Gasteiger partial charge in [0.2, 0.25) is 0 Å². The van der Waals surface area contributed by atoms with E-state index in [1.165, 1.54) is 32.4 Å². The molecule has 3 aromatic carbocycles. The van der Waals surface area contributed by atoms with Crippen LogP contribution < -0.4 is 31.5 Å². The first-order valence-electron chi connectivity index (χ1n) is 12.1. The van der Waals surface area contributed by atoms with E-state index in [4.69, 9.17) is 9.47 Å². The van der Waals surface area contributed by atoms with Gasteiger partial charge in [0.1, 0.15) is 34.1 Å². The highest BCUT2D eigenvalue weighted by molar-refractivity contribution is 14.1. The lowest BCUT2D eigenvalue weighted by Crippen LogP contribution is -2.42. The third-order valence-electron chi connectivity index (χ3n) is 6.62. The minimum absolute atomic E-state index is 0.0491. The maximum Gasteiger partial charge on any atom is 0.337 e. The number of ether oxygens (including phenoxy) is 2. The second-order valence-corrected chi connectivity index (χ2v) is 10.9. The maximum atomic E-state index is 15.4. The molecule has 0 aliphatic rings. The molecule has 40 heavy (non-hydrogen) atoms. The number of nitrogens with zero attached hydrogens (tertiary/aromatic N) is 3. The number of fused-ring (bicyclic) bond motifs is 1.